The molecule has 6 heteroatoms. The highest BCUT2D eigenvalue weighted by atomic mass is 32.2. The maximum absolute atomic E-state index is 5.68. The highest BCUT2D eigenvalue weighted by Crippen LogP contribution is 2.41. The van der Waals surface area contributed by atoms with E-state index < -0.39 is 0 Å². The molecule has 2 heterocycles. The summed E-state index contributed by atoms with van der Waals surface area (Å²) >= 11 is 3.87. The van der Waals surface area contributed by atoms with Crippen LogP contribution in [0.5, 0.6) is 0 Å². The molecule has 1 aliphatic rings. The van der Waals surface area contributed by atoms with Gasteiger partial charge in [-0.15, -0.1) is 11.8 Å². The van der Waals surface area contributed by atoms with E-state index in [-0.39, 0.29) is 6.04 Å². The molecule has 0 aliphatic carbocycles. The van der Waals surface area contributed by atoms with Gasteiger partial charge in [0.1, 0.15) is 0 Å². The van der Waals surface area contributed by atoms with E-state index in [4.69, 9.17) is 10.3 Å². The van der Waals surface area contributed by atoms with Crippen LogP contribution in [0.25, 0.3) is 0 Å². The maximum atomic E-state index is 5.68. The van der Waals surface area contributed by atoms with E-state index >= 15 is 0 Å². The van der Waals surface area contributed by atoms with Crippen molar-refractivity contribution in [2.45, 2.75) is 30.4 Å². The first kappa shape index (κ1) is 11.3. The van der Waals surface area contributed by atoms with Gasteiger partial charge in [-0.05, 0) is 6.92 Å². The van der Waals surface area contributed by atoms with Gasteiger partial charge in [0.05, 0.1) is 11.3 Å². The number of thioether (sulfide) groups is 2. The lowest BCUT2D eigenvalue weighted by Gasteiger charge is -2.24. The van der Waals surface area contributed by atoms with Crippen LogP contribution in [0.2, 0.25) is 0 Å². The van der Waals surface area contributed by atoms with E-state index in [1.807, 2.05) is 30.4 Å². The molecular weight excluding hydrogens is 230 g/mol. The number of nitrogens with two attached hydrogens (primary N) is 1. The maximum Gasteiger partial charge on any atom is 0.243 e. The predicted octanol–water partition coefficient (Wildman–Crippen LogP) is 2.00. The van der Waals surface area contributed by atoms with Gasteiger partial charge in [0.15, 0.2) is 5.82 Å². The van der Waals surface area contributed by atoms with E-state index in [2.05, 4.69) is 17.1 Å². The van der Waals surface area contributed by atoms with Crippen LogP contribution in [-0.2, 0) is 0 Å². The fourth-order valence-corrected chi connectivity index (χ4v) is 4.14. The van der Waals surface area contributed by atoms with Crippen LogP contribution in [0.1, 0.15) is 36.9 Å². The van der Waals surface area contributed by atoms with Gasteiger partial charge in [0.25, 0.3) is 0 Å². The van der Waals surface area contributed by atoms with Crippen LogP contribution < -0.4 is 5.73 Å². The fourth-order valence-electron chi connectivity index (χ4n) is 1.46. The second kappa shape index (κ2) is 4.76. The Morgan fingerprint density at radius 2 is 2.20 bits per heavy atom. The van der Waals surface area contributed by atoms with Crippen molar-refractivity contribution in [2.24, 2.45) is 5.73 Å². The summed E-state index contributed by atoms with van der Waals surface area (Å²) in [4.78, 5) is 4.35. The molecule has 1 fully saturated rings. The summed E-state index contributed by atoms with van der Waals surface area (Å²) < 4.78 is 5.12. The first-order chi connectivity index (χ1) is 7.18. The number of aromatic nitrogens is 2. The van der Waals surface area contributed by atoms with Gasteiger partial charge in [-0.3, -0.25) is 0 Å². The number of nitrogens with zero attached hydrogens (tertiary/aromatic N) is 2. The molecule has 15 heavy (non-hydrogen) atoms. The summed E-state index contributed by atoms with van der Waals surface area (Å²) in [7, 11) is 0. The molecular formula is C9H15N3OS2. The highest BCUT2D eigenvalue weighted by Gasteiger charge is 2.28. The molecule has 84 valence electrons. The Bertz CT molecular complexity index is 329. The summed E-state index contributed by atoms with van der Waals surface area (Å²) in [6.45, 7) is 4.06. The Labute approximate surface area is 97.8 Å². The second-order valence-corrected chi connectivity index (χ2v) is 6.38. The third-order valence-corrected chi connectivity index (χ3v) is 5.38. The first-order valence-corrected chi connectivity index (χ1v) is 7.10. The molecule has 1 aliphatic heterocycles. The van der Waals surface area contributed by atoms with Crippen molar-refractivity contribution in [1.29, 1.82) is 0 Å². The molecule has 0 bridgehead atoms. The molecule has 1 aromatic rings. The second-order valence-electron chi connectivity index (χ2n) is 3.65. The van der Waals surface area contributed by atoms with Gasteiger partial charge >= 0.3 is 0 Å². The lowest BCUT2D eigenvalue weighted by atomic mass is 10.3. The van der Waals surface area contributed by atoms with Crippen LogP contribution in [0.3, 0.4) is 0 Å². The normalized spacial score (nSPS) is 29.0. The van der Waals surface area contributed by atoms with Crippen molar-refractivity contribution in [2.75, 3.05) is 11.5 Å². The largest absolute Gasteiger partial charge is 0.338 e. The first-order valence-electron chi connectivity index (χ1n) is 5.00. The SMILES string of the molecule is CC1SCCSC1c1noc([C@H](C)N)n1. The van der Waals surface area contributed by atoms with Gasteiger partial charge < -0.3 is 10.3 Å². The molecule has 2 unspecified atom stereocenters. The summed E-state index contributed by atoms with van der Waals surface area (Å²) in [5.74, 6) is 3.70. The molecule has 0 amide bonds. The Hall–Kier alpha value is -0.200. The zero-order valence-electron chi connectivity index (χ0n) is 8.84. The number of hydrogen-bond donors (Lipinski definition) is 1. The quantitative estimate of drug-likeness (QED) is 0.859. The molecule has 3 atom stereocenters. The Morgan fingerprint density at radius 3 is 2.80 bits per heavy atom. The van der Waals surface area contributed by atoms with E-state index in [0.29, 0.717) is 16.4 Å². The van der Waals surface area contributed by atoms with Crippen molar-refractivity contribution < 1.29 is 4.52 Å². The summed E-state index contributed by atoms with van der Waals surface area (Å²) in [6.07, 6.45) is 0. The topological polar surface area (TPSA) is 64.9 Å². The minimum absolute atomic E-state index is 0.178. The van der Waals surface area contributed by atoms with Crippen LogP contribution in [0, 0.1) is 0 Å². The third kappa shape index (κ3) is 2.49. The zero-order valence-corrected chi connectivity index (χ0v) is 10.5. The van der Waals surface area contributed by atoms with E-state index in [1.165, 1.54) is 5.75 Å². The van der Waals surface area contributed by atoms with Crippen molar-refractivity contribution >= 4 is 23.5 Å². The summed E-state index contributed by atoms with van der Waals surface area (Å²) in [5.41, 5.74) is 5.68. The van der Waals surface area contributed by atoms with Crippen LogP contribution >= 0.6 is 23.5 Å². The number of hydrogen-bond acceptors (Lipinski definition) is 6. The Kier molecular flexibility index (Phi) is 3.58. The van der Waals surface area contributed by atoms with Gasteiger partial charge in [-0.2, -0.15) is 16.7 Å². The van der Waals surface area contributed by atoms with Crippen LogP contribution in [0.4, 0.5) is 0 Å². The van der Waals surface area contributed by atoms with Gasteiger partial charge in [0, 0.05) is 16.8 Å². The van der Waals surface area contributed by atoms with Crippen molar-refractivity contribution in [3.8, 4) is 0 Å². The highest BCUT2D eigenvalue weighted by molar-refractivity contribution is 8.06. The predicted molar refractivity (Wildman–Crippen MR) is 64.0 cm³/mol. The van der Waals surface area contributed by atoms with E-state index in [9.17, 15) is 0 Å². The average molecular weight is 245 g/mol. The molecule has 4 nitrogen and oxygen atoms in total. The molecule has 0 spiro atoms. The lowest BCUT2D eigenvalue weighted by molar-refractivity contribution is 0.357. The fraction of sp³-hybridized carbons (Fsp3) is 0.778. The van der Waals surface area contributed by atoms with Gasteiger partial charge in [0.2, 0.25) is 5.89 Å². The summed E-state index contributed by atoms with van der Waals surface area (Å²) in [5, 5.41) is 4.90. The smallest absolute Gasteiger partial charge is 0.243 e. The van der Waals surface area contributed by atoms with Crippen molar-refractivity contribution in [1.82, 2.24) is 10.1 Å². The molecule has 1 aromatic heterocycles. The zero-order chi connectivity index (χ0) is 10.8. The molecule has 0 saturated carbocycles. The third-order valence-electron chi connectivity index (χ3n) is 2.29. The molecule has 0 aromatic carbocycles. The molecule has 2 rings (SSSR count). The van der Waals surface area contributed by atoms with Crippen LogP contribution in [0.15, 0.2) is 4.52 Å². The minimum atomic E-state index is -0.178. The monoisotopic (exact) mass is 245 g/mol. The molecule has 2 N–H and O–H groups in total. The van der Waals surface area contributed by atoms with E-state index in [0.717, 1.165) is 11.6 Å². The lowest BCUT2D eigenvalue weighted by Crippen LogP contribution is -2.17. The Balaban J connectivity index is 2.13. The molecule has 0 radical (unpaired) electrons. The van der Waals surface area contributed by atoms with Gasteiger partial charge in [-0.25, -0.2) is 0 Å². The molecule has 1 saturated heterocycles. The Morgan fingerprint density at radius 1 is 1.47 bits per heavy atom. The van der Waals surface area contributed by atoms with Crippen molar-refractivity contribution in [3.05, 3.63) is 11.7 Å². The standard InChI is InChI=1S/C9H15N3OS2/c1-5(10)9-11-8(12-13-9)7-6(2)14-3-4-15-7/h5-7H,3-4,10H2,1-2H3/t5-,6?,7?/m0/s1. The van der Waals surface area contributed by atoms with E-state index in [1.54, 1.807) is 0 Å². The number of rotatable bonds is 2. The van der Waals surface area contributed by atoms with Crippen LogP contribution in [-0.4, -0.2) is 26.9 Å². The summed E-state index contributed by atoms with van der Waals surface area (Å²) in [6, 6.07) is -0.178. The van der Waals surface area contributed by atoms with Crippen molar-refractivity contribution in [3.63, 3.8) is 0 Å². The van der Waals surface area contributed by atoms with Gasteiger partial charge in [-0.1, -0.05) is 12.1 Å². The minimum Gasteiger partial charge on any atom is -0.338 e. The average Bonchev–Trinajstić information content (AvgIpc) is 2.67.